The van der Waals surface area contributed by atoms with Gasteiger partial charge in [0.15, 0.2) is 0 Å². The number of unbranched alkanes of at least 4 members (excludes halogenated alkanes) is 1. The molecule has 0 aliphatic heterocycles. The fourth-order valence-electron chi connectivity index (χ4n) is 2.00. The molecule has 0 atom stereocenters. The van der Waals surface area contributed by atoms with E-state index in [0.717, 1.165) is 42.0 Å². The van der Waals surface area contributed by atoms with E-state index in [9.17, 15) is 0 Å². The highest BCUT2D eigenvalue weighted by Crippen LogP contribution is 2.21. The van der Waals surface area contributed by atoms with Crippen LogP contribution in [0.4, 0.5) is 5.69 Å². The number of benzene rings is 2. The first-order chi connectivity index (χ1) is 10.2. The zero-order valence-electron chi connectivity index (χ0n) is 12.8. The van der Waals surface area contributed by atoms with Crippen LogP contribution in [0.25, 0.3) is 12.2 Å². The third kappa shape index (κ3) is 4.67. The lowest BCUT2D eigenvalue weighted by Crippen LogP contribution is -1.98. The Bertz CT molecular complexity index is 599. The van der Waals surface area contributed by atoms with E-state index in [1.807, 2.05) is 24.3 Å². The molecule has 0 aliphatic rings. The van der Waals surface area contributed by atoms with Gasteiger partial charge in [-0.1, -0.05) is 49.8 Å². The van der Waals surface area contributed by atoms with Gasteiger partial charge in [0.2, 0.25) is 0 Å². The first-order valence-electron chi connectivity index (χ1n) is 7.46. The first kappa shape index (κ1) is 15.2. The van der Waals surface area contributed by atoms with Gasteiger partial charge in [0.05, 0.1) is 6.61 Å². The van der Waals surface area contributed by atoms with Gasteiger partial charge in [-0.2, -0.15) is 0 Å². The van der Waals surface area contributed by atoms with Gasteiger partial charge in [-0.3, -0.25) is 0 Å². The largest absolute Gasteiger partial charge is 0.493 e. The molecule has 2 nitrogen and oxygen atoms in total. The van der Waals surface area contributed by atoms with Crippen LogP contribution in [0, 0.1) is 6.92 Å². The number of ether oxygens (including phenoxy) is 1. The number of hydrogen-bond acceptors (Lipinski definition) is 2. The Balaban J connectivity index is 2.09. The summed E-state index contributed by atoms with van der Waals surface area (Å²) in [5, 5.41) is 0. The molecule has 0 bridgehead atoms. The van der Waals surface area contributed by atoms with Gasteiger partial charge in [-0.25, -0.2) is 0 Å². The molecule has 2 heteroatoms. The lowest BCUT2D eigenvalue weighted by Gasteiger charge is -2.09. The van der Waals surface area contributed by atoms with Gasteiger partial charge < -0.3 is 10.5 Å². The molecule has 0 heterocycles. The van der Waals surface area contributed by atoms with Gasteiger partial charge in [0.1, 0.15) is 5.75 Å². The Morgan fingerprint density at radius 1 is 1.00 bits per heavy atom. The standard InChI is InChI=1S/C19H23NO/c1-3-4-13-21-19-14-17(6-5-15(19)2)8-7-16-9-11-18(20)12-10-16/h5-12,14H,3-4,13,20H2,1-2H3/b8-7+. The molecule has 2 rings (SSSR count). The van der Waals surface area contributed by atoms with Crippen molar-refractivity contribution in [1.29, 1.82) is 0 Å². The molecule has 0 fully saturated rings. The van der Waals surface area contributed by atoms with Crippen LogP contribution in [-0.2, 0) is 0 Å². The van der Waals surface area contributed by atoms with E-state index in [2.05, 4.69) is 44.2 Å². The Morgan fingerprint density at radius 2 is 1.67 bits per heavy atom. The SMILES string of the molecule is CCCCOc1cc(/C=C/c2ccc(N)cc2)ccc1C. The second kappa shape index (κ2) is 7.53. The van der Waals surface area contributed by atoms with Crippen molar-refractivity contribution in [3.63, 3.8) is 0 Å². The molecule has 21 heavy (non-hydrogen) atoms. The summed E-state index contributed by atoms with van der Waals surface area (Å²) in [5.74, 6) is 0.975. The monoisotopic (exact) mass is 281 g/mol. The summed E-state index contributed by atoms with van der Waals surface area (Å²) in [6, 6.07) is 14.2. The normalized spacial score (nSPS) is 11.0. The van der Waals surface area contributed by atoms with Crippen LogP contribution in [0.2, 0.25) is 0 Å². The molecular weight excluding hydrogens is 258 g/mol. The van der Waals surface area contributed by atoms with Crippen LogP contribution in [0.5, 0.6) is 5.75 Å². The molecule has 0 spiro atoms. The minimum absolute atomic E-state index is 0.780. The van der Waals surface area contributed by atoms with Crippen molar-refractivity contribution in [1.82, 2.24) is 0 Å². The zero-order chi connectivity index (χ0) is 15.1. The summed E-state index contributed by atoms with van der Waals surface area (Å²) >= 11 is 0. The average Bonchev–Trinajstić information content (AvgIpc) is 2.49. The van der Waals surface area contributed by atoms with E-state index in [4.69, 9.17) is 10.5 Å². The van der Waals surface area contributed by atoms with E-state index in [1.165, 1.54) is 5.56 Å². The Labute approximate surface area is 127 Å². The van der Waals surface area contributed by atoms with Crippen LogP contribution in [0.3, 0.4) is 0 Å². The van der Waals surface area contributed by atoms with Crippen molar-refractivity contribution in [2.45, 2.75) is 26.7 Å². The molecule has 0 radical (unpaired) electrons. The lowest BCUT2D eigenvalue weighted by atomic mass is 10.1. The maximum atomic E-state index is 5.84. The van der Waals surface area contributed by atoms with E-state index in [1.54, 1.807) is 0 Å². The van der Waals surface area contributed by atoms with E-state index in [-0.39, 0.29) is 0 Å². The highest BCUT2D eigenvalue weighted by atomic mass is 16.5. The molecule has 0 aliphatic carbocycles. The third-order valence-electron chi connectivity index (χ3n) is 3.37. The van der Waals surface area contributed by atoms with E-state index >= 15 is 0 Å². The molecule has 110 valence electrons. The highest BCUT2D eigenvalue weighted by Gasteiger charge is 2.00. The van der Waals surface area contributed by atoms with Crippen molar-refractivity contribution in [3.05, 3.63) is 59.2 Å². The smallest absolute Gasteiger partial charge is 0.122 e. The zero-order valence-corrected chi connectivity index (χ0v) is 12.8. The second-order valence-electron chi connectivity index (χ2n) is 5.23. The lowest BCUT2D eigenvalue weighted by molar-refractivity contribution is 0.307. The number of rotatable bonds is 6. The molecule has 2 aromatic carbocycles. The third-order valence-corrected chi connectivity index (χ3v) is 3.37. The fourth-order valence-corrected chi connectivity index (χ4v) is 2.00. The topological polar surface area (TPSA) is 35.2 Å². The summed E-state index contributed by atoms with van der Waals surface area (Å²) in [4.78, 5) is 0. The van der Waals surface area contributed by atoms with Gasteiger partial charge in [-0.15, -0.1) is 0 Å². The molecule has 2 aromatic rings. The Kier molecular flexibility index (Phi) is 5.44. The summed E-state index contributed by atoms with van der Waals surface area (Å²) in [6.07, 6.45) is 6.41. The van der Waals surface area contributed by atoms with Gasteiger partial charge in [0, 0.05) is 5.69 Å². The van der Waals surface area contributed by atoms with Crippen molar-refractivity contribution < 1.29 is 4.74 Å². The fraction of sp³-hybridized carbons (Fsp3) is 0.263. The summed E-state index contributed by atoms with van der Waals surface area (Å²) in [7, 11) is 0. The predicted molar refractivity (Wildman–Crippen MR) is 91.4 cm³/mol. The van der Waals surface area contributed by atoms with Gasteiger partial charge in [-0.05, 0) is 48.2 Å². The van der Waals surface area contributed by atoms with Crippen LogP contribution >= 0.6 is 0 Å². The maximum absolute atomic E-state index is 5.84. The average molecular weight is 281 g/mol. The van der Waals surface area contributed by atoms with Crippen LogP contribution in [0.15, 0.2) is 42.5 Å². The molecule has 0 aromatic heterocycles. The van der Waals surface area contributed by atoms with Crippen LogP contribution < -0.4 is 10.5 Å². The summed E-state index contributed by atoms with van der Waals surface area (Å²) < 4.78 is 5.84. The van der Waals surface area contributed by atoms with Crippen molar-refractivity contribution in [2.75, 3.05) is 12.3 Å². The van der Waals surface area contributed by atoms with Gasteiger partial charge >= 0.3 is 0 Å². The molecule has 0 unspecified atom stereocenters. The van der Waals surface area contributed by atoms with Crippen molar-refractivity contribution in [3.8, 4) is 5.75 Å². The second-order valence-corrected chi connectivity index (χ2v) is 5.23. The Morgan fingerprint density at radius 3 is 2.38 bits per heavy atom. The quantitative estimate of drug-likeness (QED) is 0.463. The minimum Gasteiger partial charge on any atom is -0.493 e. The highest BCUT2D eigenvalue weighted by molar-refractivity contribution is 5.71. The number of nitrogen functional groups attached to an aromatic ring is 1. The first-order valence-corrected chi connectivity index (χ1v) is 7.46. The molecule has 0 saturated carbocycles. The van der Waals surface area contributed by atoms with E-state index in [0.29, 0.717) is 0 Å². The van der Waals surface area contributed by atoms with Gasteiger partial charge in [0.25, 0.3) is 0 Å². The van der Waals surface area contributed by atoms with Crippen LogP contribution in [-0.4, -0.2) is 6.61 Å². The molecule has 2 N–H and O–H groups in total. The van der Waals surface area contributed by atoms with Crippen LogP contribution in [0.1, 0.15) is 36.5 Å². The maximum Gasteiger partial charge on any atom is 0.122 e. The summed E-state index contributed by atoms with van der Waals surface area (Å²) in [5.41, 5.74) is 9.93. The minimum atomic E-state index is 0.780. The predicted octanol–water partition coefficient (Wildman–Crippen LogP) is 4.93. The molecule has 0 amide bonds. The number of anilines is 1. The number of hydrogen-bond donors (Lipinski definition) is 1. The summed E-state index contributed by atoms with van der Waals surface area (Å²) in [6.45, 7) is 5.03. The van der Waals surface area contributed by atoms with Crippen molar-refractivity contribution in [2.24, 2.45) is 0 Å². The molecular formula is C19H23NO. The Hall–Kier alpha value is -2.22. The van der Waals surface area contributed by atoms with E-state index < -0.39 is 0 Å². The number of aryl methyl sites for hydroxylation is 1. The number of nitrogens with two attached hydrogens (primary N) is 1. The molecule has 0 saturated heterocycles. The van der Waals surface area contributed by atoms with Crippen molar-refractivity contribution >= 4 is 17.8 Å².